The van der Waals surface area contributed by atoms with E-state index in [4.69, 9.17) is 4.42 Å². The van der Waals surface area contributed by atoms with Crippen LogP contribution in [0.1, 0.15) is 50.2 Å². The summed E-state index contributed by atoms with van der Waals surface area (Å²) in [6.07, 6.45) is 7.87. The molecule has 1 aliphatic carbocycles. The van der Waals surface area contributed by atoms with Crippen LogP contribution in [0.2, 0.25) is 0 Å². The zero-order valence-corrected chi connectivity index (χ0v) is 8.85. The number of hydrogen-bond donors (Lipinski definition) is 2. The minimum absolute atomic E-state index is 0.680. The SMILES string of the molecule is OC(c1ccoc1)C1(O)CCCCCC1. The van der Waals surface area contributed by atoms with Crippen LogP contribution >= 0.6 is 0 Å². The zero-order chi connectivity index (χ0) is 10.7. The Balaban J connectivity index is 2.12. The summed E-state index contributed by atoms with van der Waals surface area (Å²) in [4.78, 5) is 0. The van der Waals surface area contributed by atoms with Gasteiger partial charge in [0.05, 0.1) is 18.1 Å². The van der Waals surface area contributed by atoms with Gasteiger partial charge in [-0.05, 0) is 18.9 Å². The first-order valence-corrected chi connectivity index (χ1v) is 5.65. The Hall–Kier alpha value is -0.800. The Kier molecular flexibility index (Phi) is 3.12. The molecule has 0 bridgehead atoms. The fourth-order valence-corrected chi connectivity index (χ4v) is 2.36. The highest BCUT2D eigenvalue weighted by atomic mass is 16.3. The number of aliphatic hydroxyl groups is 2. The molecule has 0 aliphatic heterocycles. The highest BCUT2D eigenvalue weighted by molar-refractivity contribution is 5.14. The minimum atomic E-state index is -0.958. The molecule has 1 fully saturated rings. The number of rotatable bonds is 2. The second-order valence-electron chi connectivity index (χ2n) is 4.48. The Bertz CT molecular complexity index is 284. The van der Waals surface area contributed by atoms with Crippen molar-refractivity contribution in [3.63, 3.8) is 0 Å². The molecule has 15 heavy (non-hydrogen) atoms. The van der Waals surface area contributed by atoms with Gasteiger partial charge in [0.25, 0.3) is 0 Å². The smallest absolute Gasteiger partial charge is 0.111 e. The molecule has 0 aromatic carbocycles. The molecule has 1 saturated carbocycles. The van der Waals surface area contributed by atoms with Gasteiger partial charge >= 0.3 is 0 Å². The van der Waals surface area contributed by atoms with E-state index in [-0.39, 0.29) is 0 Å². The number of furan rings is 1. The van der Waals surface area contributed by atoms with E-state index in [1.54, 1.807) is 6.07 Å². The second kappa shape index (κ2) is 4.37. The van der Waals surface area contributed by atoms with Gasteiger partial charge in [-0.1, -0.05) is 25.7 Å². The van der Waals surface area contributed by atoms with Crippen molar-refractivity contribution in [1.82, 2.24) is 0 Å². The van der Waals surface area contributed by atoms with Crippen molar-refractivity contribution in [2.75, 3.05) is 0 Å². The molecule has 0 spiro atoms. The van der Waals surface area contributed by atoms with Crippen LogP contribution in [-0.4, -0.2) is 15.8 Å². The summed E-state index contributed by atoms with van der Waals surface area (Å²) in [6, 6.07) is 1.72. The molecule has 1 aromatic heterocycles. The van der Waals surface area contributed by atoms with Crippen LogP contribution in [0.3, 0.4) is 0 Å². The van der Waals surface area contributed by atoms with Crippen molar-refractivity contribution >= 4 is 0 Å². The van der Waals surface area contributed by atoms with Gasteiger partial charge in [-0.3, -0.25) is 0 Å². The molecule has 0 saturated heterocycles. The zero-order valence-electron chi connectivity index (χ0n) is 8.85. The maximum absolute atomic E-state index is 10.4. The van der Waals surface area contributed by atoms with E-state index in [0.717, 1.165) is 25.7 Å². The first-order chi connectivity index (χ1) is 7.22. The van der Waals surface area contributed by atoms with Gasteiger partial charge in [-0.25, -0.2) is 0 Å². The van der Waals surface area contributed by atoms with Crippen LogP contribution in [0.4, 0.5) is 0 Å². The van der Waals surface area contributed by atoms with Crippen LogP contribution in [0.5, 0.6) is 0 Å². The Morgan fingerprint density at radius 1 is 1.20 bits per heavy atom. The lowest BCUT2D eigenvalue weighted by Crippen LogP contribution is -2.35. The largest absolute Gasteiger partial charge is 0.472 e. The van der Waals surface area contributed by atoms with E-state index < -0.39 is 11.7 Å². The summed E-state index contributed by atoms with van der Waals surface area (Å²) >= 11 is 0. The Morgan fingerprint density at radius 2 is 1.87 bits per heavy atom. The summed E-state index contributed by atoms with van der Waals surface area (Å²) in [5.74, 6) is 0. The summed E-state index contributed by atoms with van der Waals surface area (Å²) in [5.41, 5.74) is -0.278. The average molecular weight is 210 g/mol. The maximum Gasteiger partial charge on any atom is 0.111 e. The van der Waals surface area contributed by atoms with Crippen LogP contribution in [0, 0.1) is 0 Å². The van der Waals surface area contributed by atoms with Gasteiger partial charge in [0.2, 0.25) is 0 Å². The van der Waals surface area contributed by atoms with E-state index >= 15 is 0 Å². The molecule has 1 unspecified atom stereocenters. The molecule has 2 N–H and O–H groups in total. The molecule has 1 heterocycles. The molecule has 2 rings (SSSR count). The normalized spacial score (nSPS) is 23.3. The third kappa shape index (κ3) is 2.24. The maximum atomic E-state index is 10.4. The molecule has 1 aliphatic rings. The van der Waals surface area contributed by atoms with Crippen molar-refractivity contribution in [3.05, 3.63) is 24.2 Å². The molecule has 3 nitrogen and oxygen atoms in total. The number of hydrogen-bond acceptors (Lipinski definition) is 3. The molecule has 3 heteroatoms. The van der Waals surface area contributed by atoms with E-state index in [0.29, 0.717) is 18.4 Å². The molecular weight excluding hydrogens is 192 g/mol. The van der Waals surface area contributed by atoms with Crippen LogP contribution < -0.4 is 0 Å². The standard InChI is InChI=1S/C12H18O3/c13-11(10-5-8-15-9-10)12(14)6-3-1-2-4-7-12/h5,8-9,11,13-14H,1-4,6-7H2. The first-order valence-electron chi connectivity index (χ1n) is 5.65. The third-order valence-corrected chi connectivity index (χ3v) is 3.34. The van der Waals surface area contributed by atoms with E-state index in [1.165, 1.54) is 12.5 Å². The van der Waals surface area contributed by atoms with E-state index in [2.05, 4.69) is 0 Å². The van der Waals surface area contributed by atoms with Gasteiger partial charge in [0, 0.05) is 5.56 Å². The topological polar surface area (TPSA) is 53.6 Å². The van der Waals surface area contributed by atoms with Crippen LogP contribution in [-0.2, 0) is 0 Å². The predicted octanol–water partition coefficient (Wildman–Crippen LogP) is 2.40. The quantitative estimate of drug-likeness (QED) is 0.737. The summed E-state index contributed by atoms with van der Waals surface area (Å²) < 4.78 is 4.93. The van der Waals surface area contributed by atoms with E-state index in [9.17, 15) is 10.2 Å². The lowest BCUT2D eigenvalue weighted by atomic mass is 9.85. The van der Waals surface area contributed by atoms with Crippen LogP contribution in [0.25, 0.3) is 0 Å². The van der Waals surface area contributed by atoms with E-state index in [1.807, 2.05) is 0 Å². The highest BCUT2D eigenvalue weighted by Crippen LogP contribution is 2.37. The van der Waals surface area contributed by atoms with Crippen molar-refractivity contribution < 1.29 is 14.6 Å². The van der Waals surface area contributed by atoms with Crippen molar-refractivity contribution in [2.45, 2.75) is 50.2 Å². The highest BCUT2D eigenvalue weighted by Gasteiger charge is 2.37. The van der Waals surface area contributed by atoms with Gasteiger partial charge in [0.1, 0.15) is 6.10 Å². The van der Waals surface area contributed by atoms with Gasteiger partial charge in [-0.15, -0.1) is 0 Å². The molecule has 84 valence electrons. The first kappa shape index (κ1) is 10.7. The fraction of sp³-hybridized carbons (Fsp3) is 0.667. The third-order valence-electron chi connectivity index (χ3n) is 3.34. The average Bonchev–Trinajstić information content (AvgIpc) is 2.67. The molecule has 1 aromatic rings. The monoisotopic (exact) mass is 210 g/mol. The van der Waals surface area contributed by atoms with Crippen molar-refractivity contribution in [2.24, 2.45) is 0 Å². The fourth-order valence-electron chi connectivity index (χ4n) is 2.36. The molecule has 0 amide bonds. The lowest BCUT2D eigenvalue weighted by molar-refractivity contribution is -0.0869. The lowest BCUT2D eigenvalue weighted by Gasteiger charge is -2.31. The van der Waals surface area contributed by atoms with Gasteiger partial charge in [0.15, 0.2) is 0 Å². The summed E-state index contributed by atoms with van der Waals surface area (Å²) in [6.45, 7) is 0. The summed E-state index contributed by atoms with van der Waals surface area (Å²) in [7, 11) is 0. The van der Waals surface area contributed by atoms with Gasteiger partial charge in [-0.2, -0.15) is 0 Å². The van der Waals surface area contributed by atoms with Crippen LogP contribution in [0.15, 0.2) is 23.0 Å². The molecule has 0 radical (unpaired) electrons. The van der Waals surface area contributed by atoms with Crippen molar-refractivity contribution in [3.8, 4) is 0 Å². The molecule has 1 atom stereocenters. The van der Waals surface area contributed by atoms with Crippen molar-refractivity contribution in [1.29, 1.82) is 0 Å². The second-order valence-corrected chi connectivity index (χ2v) is 4.48. The van der Waals surface area contributed by atoms with Gasteiger partial charge < -0.3 is 14.6 Å². The Morgan fingerprint density at radius 3 is 2.40 bits per heavy atom. The Labute approximate surface area is 89.7 Å². The molecular formula is C12H18O3. The predicted molar refractivity (Wildman–Crippen MR) is 56.3 cm³/mol. The number of aliphatic hydroxyl groups excluding tert-OH is 1. The summed E-state index contributed by atoms with van der Waals surface area (Å²) in [5, 5.41) is 20.5. The minimum Gasteiger partial charge on any atom is -0.472 e.